The second-order valence-corrected chi connectivity index (χ2v) is 15.8. The van der Waals surface area contributed by atoms with E-state index in [9.17, 15) is 45.6 Å². The Bertz CT molecular complexity index is 1060. The molecule has 14 heteroatoms. The number of carbonyl (C=O) groups excluding carboxylic acids is 1. The maximum atomic E-state index is 13.1. The summed E-state index contributed by atoms with van der Waals surface area (Å²) < 4.78 is 22.6. The fourth-order valence-corrected chi connectivity index (χ4v) is 7.21. The van der Waals surface area contributed by atoms with Crippen molar-refractivity contribution < 1.29 is 64.6 Å². The minimum absolute atomic E-state index is 0.226. The summed E-state index contributed by atoms with van der Waals surface area (Å²) in [5.41, 5.74) is 0. The average molecular weight is 818 g/mol. The number of hydrogen-bond acceptors (Lipinski definition) is 13. The summed E-state index contributed by atoms with van der Waals surface area (Å²) in [5, 5.41) is 86.4. The van der Waals surface area contributed by atoms with E-state index in [-0.39, 0.29) is 18.9 Å². The molecule has 2 rings (SSSR count). The molecule has 1 amide bonds. The normalized spacial score (nSPS) is 29.3. The van der Waals surface area contributed by atoms with Gasteiger partial charge >= 0.3 is 0 Å². The molecule has 0 bridgehead atoms. The second kappa shape index (κ2) is 31.4. The SMILES string of the molecule is CCC/C=C\C/C=C\CCCCCCCC(=O)NC(COC1OC(CO)C(OC2OC(CO)C(O)C(O)C2O)C(O)C1O)C(O)CCCCCCCCCCCC. The van der Waals surface area contributed by atoms with Gasteiger partial charge in [0.05, 0.1) is 32.0 Å². The lowest BCUT2D eigenvalue weighted by molar-refractivity contribution is -0.359. The third-order valence-electron chi connectivity index (χ3n) is 10.9. The molecule has 12 atom stereocenters. The lowest BCUT2D eigenvalue weighted by Crippen LogP contribution is -2.65. The molecule has 14 nitrogen and oxygen atoms in total. The molecular formula is C43H79NO13. The van der Waals surface area contributed by atoms with Gasteiger partial charge in [0.1, 0.15) is 48.8 Å². The van der Waals surface area contributed by atoms with Gasteiger partial charge in [0.2, 0.25) is 5.91 Å². The molecule has 2 fully saturated rings. The topological polar surface area (TPSA) is 228 Å². The second-order valence-electron chi connectivity index (χ2n) is 15.8. The molecule has 0 aromatic rings. The van der Waals surface area contributed by atoms with Gasteiger partial charge in [0.25, 0.3) is 0 Å². The fraction of sp³-hybridized carbons (Fsp3) is 0.884. The van der Waals surface area contributed by atoms with Gasteiger partial charge in [0, 0.05) is 6.42 Å². The first-order valence-corrected chi connectivity index (χ1v) is 22.1. The number of nitrogens with one attached hydrogen (secondary N) is 1. The first kappa shape index (κ1) is 51.6. The van der Waals surface area contributed by atoms with Crippen molar-refractivity contribution in [2.75, 3.05) is 19.8 Å². The summed E-state index contributed by atoms with van der Waals surface area (Å²) in [4.78, 5) is 13.1. The van der Waals surface area contributed by atoms with Crippen LogP contribution in [0.15, 0.2) is 24.3 Å². The average Bonchev–Trinajstić information content (AvgIpc) is 3.21. The molecule has 2 heterocycles. The third kappa shape index (κ3) is 20.1. The lowest BCUT2D eigenvalue weighted by Gasteiger charge is -2.46. The Balaban J connectivity index is 1.90. The molecule has 0 aliphatic carbocycles. The van der Waals surface area contributed by atoms with E-state index in [1.807, 2.05) is 0 Å². The summed E-state index contributed by atoms with van der Waals surface area (Å²) in [6.07, 6.45) is 13.4. The number of carbonyl (C=O) groups is 1. The van der Waals surface area contributed by atoms with E-state index in [2.05, 4.69) is 43.5 Å². The summed E-state index contributed by atoms with van der Waals surface area (Å²) in [7, 11) is 0. The van der Waals surface area contributed by atoms with E-state index in [1.54, 1.807) is 0 Å². The Labute approximate surface area is 341 Å². The van der Waals surface area contributed by atoms with Crippen LogP contribution in [0.3, 0.4) is 0 Å². The van der Waals surface area contributed by atoms with Crippen LogP contribution in [-0.2, 0) is 23.7 Å². The lowest BCUT2D eigenvalue weighted by atomic mass is 9.97. The van der Waals surface area contributed by atoms with Crippen LogP contribution in [0.4, 0.5) is 0 Å². The van der Waals surface area contributed by atoms with Gasteiger partial charge in [-0.05, 0) is 38.5 Å². The summed E-state index contributed by atoms with van der Waals surface area (Å²) in [6, 6.07) is -0.830. The predicted molar refractivity (Wildman–Crippen MR) is 217 cm³/mol. The van der Waals surface area contributed by atoms with Crippen LogP contribution in [0.2, 0.25) is 0 Å². The van der Waals surface area contributed by atoms with Gasteiger partial charge in [-0.1, -0.05) is 128 Å². The van der Waals surface area contributed by atoms with Crippen LogP contribution in [-0.4, -0.2) is 140 Å². The molecule has 57 heavy (non-hydrogen) atoms. The third-order valence-corrected chi connectivity index (χ3v) is 10.9. The Morgan fingerprint density at radius 1 is 0.632 bits per heavy atom. The highest BCUT2D eigenvalue weighted by molar-refractivity contribution is 5.76. The molecule has 12 unspecified atom stereocenters. The quantitative estimate of drug-likeness (QED) is 0.0348. The predicted octanol–water partition coefficient (Wildman–Crippen LogP) is 3.82. The maximum absolute atomic E-state index is 13.1. The van der Waals surface area contributed by atoms with E-state index >= 15 is 0 Å². The van der Waals surface area contributed by atoms with Crippen molar-refractivity contribution in [3.63, 3.8) is 0 Å². The molecule has 0 aromatic carbocycles. The highest BCUT2D eigenvalue weighted by atomic mass is 16.7. The number of rotatable bonds is 32. The molecule has 0 radical (unpaired) electrons. The van der Waals surface area contributed by atoms with Crippen molar-refractivity contribution in [1.82, 2.24) is 5.32 Å². The fourth-order valence-electron chi connectivity index (χ4n) is 7.21. The van der Waals surface area contributed by atoms with E-state index in [0.29, 0.717) is 12.8 Å². The number of allylic oxidation sites excluding steroid dienone is 4. The number of amides is 1. The largest absolute Gasteiger partial charge is 0.394 e. The van der Waals surface area contributed by atoms with Crippen molar-refractivity contribution in [1.29, 1.82) is 0 Å². The zero-order chi connectivity index (χ0) is 41.8. The molecule has 0 aromatic heterocycles. The van der Waals surface area contributed by atoms with E-state index < -0.39 is 86.8 Å². The van der Waals surface area contributed by atoms with Crippen LogP contribution < -0.4 is 5.32 Å². The first-order chi connectivity index (χ1) is 27.6. The Morgan fingerprint density at radius 3 is 1.82 bits per heavy atom. The van der Waals surface area contributed by atoms with Crippen molar-refractivity contribution in [3.05, 3.63) is 24.3 Å². The number of hydrogen-bond donors (Lipinski definition) is 9. The minimum Gasteiger partial charge on any atom is -0.394 e. The highest BCUT2D eigenvalue weighted by Gasteiger charge is 2.51. The molecule has 0 saturated carbocycles. The molecule has 334 valence electrons. The zero-order valence-electron chi connectivity index (χ0n) is 34.8. The molecule has 2 saturated heterocycles. The zero-order valence-corrected chi connectivity index (χ0v) is 34.8. The molecule has 2 aliphatic rings. The summed E-state index contributed by atoms with van der Waals surface area (Å²) in [6.45, 7) is 2.72. The minimum atomic E-state index is -1.78. The van der Waals surface area contributed by atoms with Crippen LogP contribution in [0, 0.1) is 0 Å². The van der Waals surface area contributed by atoms with Gasteiger partial charge in [0.15, 0.2) is 12.6 Å². The monoisotopic (exact) mass is 818 g/mol. The number of aliphatic hydroxyl groups is 8. The molecule has 2 aliphatic heterocycles. The van der Waals surface area contributed by atoms with Crippen LogP contribution in [0.1, 0.15) is 149 Å². The van der Waals surface area contributed by atoms with Crippen LogP contribution in [0.5, 0.6) is 0 Å². The van der Waals surface area contributed by atoms with Crippen molar-refractivity contribution in [2.24, 2.45) is 0 Å². The number of aliphatic hydroxyl groups excluding tert-OH is 8. The Morgan fingerprint density at radius 2 is 1.19 bits per heavy atom. The summed E-state index contributed by atoms with van der Waals surface area (Å²) >= 11 is 0. The maximum Gasteiger partial charge on any atom is 0.220 e. The molecule has 9 N–H and O–H groups in total. The molecule has 0 spiro atoms. The van der Waals surface area contributed by atoms with E-state index in [0.717, 1.165) is 77.0 Å². The van der Waals surface area contributed by atoms with E-state index in [1.165, 1.54) is 38.5 Å². The molecular weight excluding hydrogens is 738 g/mol. The smallest absolute Gasteiger partial charge is 0.220 e. The van der Waals surface area contributed by atoms with Crippen molar-refractivity contribution >= 4 is 5.91 Å². The van der Waals surface area contributed by atoms with Gasteiger partial charge in [-0.25, -0.2) is 0 Å². The standard InChI is InChI=1S/C43H79NO13/c1-3-5-7-9-11-13-15-16-17-19-21-23-25-27-35(48)44-31(32(47)26-24-22-20-18-14-12-10-8-6-4-2)30-54-42-40(53)38(51)41(34(29-46)56-42)57-43-39(52)37(50)36(49)33(28-45)55-43/h7,9,13,15,31-34,36-43,45-47,49-53H,3-6,8,10-12,14,16-30H2,1-2H3,(H,44,48)/b9-7-,15-13-. The van der Waals surface area contributed by atoms with Crippen molar-refractivity contribution in [2.45, 2.75) is 222 Å². The van der Waals surface area contributed by atoms with Gasteiger partial charge in [-0.15, -0.1) is 0 Å². The summed E-state index contributed by atoms with van der Waals surface area (Å²) in [5.74, 6) is -0.226. The van der Waals surface area contributed by atoms with Gasteiger partial charge in [-0.3, -0.25) is 4.79 Å². The van der Waals surface area contributed by atoms with Gasteiger partial charge in [-0.2, -0.15) is 0 Å². The van der Waals surface area contributed by atoms with Gasteiger partial charge < -0.3 is 65.1 Å². The first-order valence-electron chi connectivity index (χ1n) is 22.1. The Hall–Kier alpha value is -1.53. The highest BCUT2D eigenvalue weighted by Crippen LogP contribution is 2.30. The number of unbranched alkanes of at least 4 members (excludes halogenated alkanes) is 15. The van der Waals surface area contributed by atoms with E-state index in [4.69, 9.17) is 18.9 Å². The van der Waals surface area contributed by atoms with Crippen LogP contribution in [0.25, 0.3) is 0 Å². The van der Waals surface area contributed by atoms with Crippen molar-refractivity contribution in [3.8, 4) is 0 Å². The number of ether oxygens (including phenoxy) is 4. The van der Waals surface area contributed by atoms with Crippen LogP contribution >= 0.6 is 0 Å². The Kier molecular flexibility index (Phi) is 28.4.